The maximum atomic E-state index is 12.2. The molecule has 0 saturated carbocycles. The minimum absolute atomic E-state index is 0.0829. The summed E-state index contributed by atoms with van der Waals surface area (Å²) in [5.74, 6) is -0.344. The van der Waals surface area contributed by atoms with Crippen molar-refractivity contribution in [3.05, 3.63) is 53.9 Å². The Bertz CT molecular complexity index is 694. The highest BCUT2D eigenvalue weighted by atomic mass is 19.3. The monoisotopic (exact) mass is 321 g/mol. The highest BCUT2D eigenvalue weighted by Gasteiger charge is 2.10. The third-order valence-corrected chi connectivity index (χ3v) is 2.73. The van der Waals surface area contributed by atoms with Gasteiger partial charge in [0.15, 0.2) is 11.5 Å². The van der Waals surface area contributed by atoms with Crippen LogP contribution in [0.3, 0.4) is 0 Å². The van der Waals surface area contributed by atoms with Crippen LogP contribution in [-0.2, 0) is 0 Å². The maximum Gasteiger partial charge on any atom is 0.387 e. The van der Waals surface area contributed by atoms with E-state index in [1.165, 1.54) is 43.9 Å². The Hall–Kier alpha value is -3.03. The van der Waals surface area contributed by atoms with E-state index in [1.54, 1.807) is 12.1 Å². The predicted octanol–water partition coefficient (Wildman–Crippen LogP) is 2.46. The lowest BCUT2D eigenvalue weighted by molar-refractivity contribution is -0.0512. The van der Waals surface area contributed by atoms with Gasteiger partial charge in [-0.3, -0.25) is 9.78 Å². The van der Waals surface area contributed by atoms with Gasteiger partial charge in [0.25, 0.3) is 5.91 Å². The number of methoxy groups -OCH3 is 1. The van der Waals surface area contributed by atoms with Gasteiger partial charge in [-0.2, -0.15) is 13.9 Å². The molecule has 0 spiro atoms. The molecule has 1 aromatic heterocycles. The highest BCUT2D eigenvalue weighted by Crippen LogP contribution is 2.28. The zero-order valence-electron chi connectivity index (χ0n) is 12.1. The minimum atomic E-state index is -2.94. The number of halogens is 2. The summed E-state index contributed by atoms with van der Waals surface area (Å²) in [4.78, 5) is 15.6. The fraction of sp³-hybridized carbons (Fsp3) is 0.133. The third kappa shape index (κ3) is 4.73. The quantitative estimate of drug-likeness (QED) is 0.655. The van der Waals surface area contributed by atoms with Gasteiger partial charge >= 0.3 is 6.61 Å². The second-order valence-corrected chi connectivity index (χ2v) is 4.22. The number of benzene rings is 1. The fourth-order valence-electron chi connectivity index (χ4n) is 1.69. The first-order valence-corrected chi connectivity index (χ1v) is 6.46. The molecule has 23 heavy (non-hydrogen) atoms. The van der Waals surface area contributed by atoms with E-state index in [2.05, 4.69) is 20.2 Å². The van der Waals surface area contributed by atoms with E-state index in [0.717, 1.165) is 0 Å². The van der Waals surface area contributed by atoms with Crippen LogP contribution in [0.5, 0.6) is 11.5 Å². The van der Waals surface area contributed by atoms with Crippen LogP contribution in [0.4, 0.5) is 8.78 Å². The summed E-state index contributed by atoms with van der Waals surface area (Å²) >= 11 is 0. The number of carbonyl (C=O) groups excluding carboxylic acids is 1. The molecule has 1 heterocycles. The topological polar surface area (TPSA) is 72.8 Å². The lowest BCUT2D eigenvalue weighted by Crippen LogP contribution is -2.17. The molecule has 120 valence electrons. The number of hydrogen-bond acceptors (Lipinski definition) is 5. The Balaban J connectivity index is 2.03. The Morgan fingerprint density at radius 2 is 2.00 bits per heavy atom. The van der Waals surface area contributed by atoms with E-state index >= 15 is 0 Å². The van der Waals surface area contributed by atoms with E-state index in [0.29, 0.717) is 11.1 Å². The molecule has 6 nitrogen and oxygen atoms in total. The molecule has 0 radical (unpaired) electrons. The van der Waals surface area contributed by atoms with Gasteiger partial charge in [0.2, 0.25) is 0 Å². The van der Waals surface area contributed by atoms with Crippen LogP contribution in [0.2, 0.25) is 0 Å². The van der Waals surface area contributed by atoms with Crippen LogP contribution >= 0.6 is 0 Å². The van der Waals surface area contributed by atoms with Crippen molar-refractivity contribution in [2.75, 3.05) is 7.11 Å². The zero-order chi connectivity index (χ0) is 16.7. The molecule has 0 unspecified atom stereocenters. The fourth-order valence-corrected chi connectivity index (χ4v) is 1.69. The molecule has 1 aromatic carbocycles. The van der Waals surface area contributed by atoms with Gasteiger partial charge in [0.05, 0.1) is 13.3 Å². The standard InChI is InChI=1S/C15H13F2N3O3/c1-22-13-8-10(2-3-12(13)23-15(16)17)9-19-20-14(21)11-4-6-18-7-5-11/h2-9,15H,1H3,(H,20,21)/b19-9+. The molecule has 1 N–H and O–H groups in total. The number of carbonyl (C=O) groups is 1. The average Bonchev–Trinajstić information content (AvgIpc) is 2.56. The lowest BCUT2D eigenvalue weighted by Gasteiger charge is -2.09. The Labute approximate surface area is 130 Å². The second-order valence-electron chi connectivity index (χ2n) is 4.22. The predicted molar refractivity (Wildman–Crippen MR) is 78.9 cm³/mol. The van der Waals surface area contributed by atoms with Crippen molar-refractivity contribution in [2.45, 2.75) is 6.61 Å². The van der Waals surface area contributed by atoms with Crippen molar-refractivity contribution < 1.29 is 23.0 Å². The molecule has 0 atom stereocenters. The number of aromatic nitrogens is 1. The van der Waals surface area contributed by atoms with Crippen LogP contribution in [0.15, 0.2) is 47.8 Å². The average molecular weight is 321 g/mol. The molecule has 2 rings (SSSR count). The first-order chi connectivity index (χ1) is 11.1. The SMILES string of the molecule is COc1cc(/C=N/NC(=O)c2ccncc2)ccc1OC(F)F. The van der Waals surface area contributed by atoms with Gasteiger partial charge in [0.1, 0.15) is 0 Å². The highest BCUT2D eigenvalue weighted by molar-refractivity contribution is 5.94. The molecule has 0 saturated heterocycles. The van der Waals surface area contributed by atoms with Crippen LogP contribution in [0, 0.1) is 0 Å². The van der Waals surface area contributed by atoms with E-state index in [4.69, 9.17) is 4.74 Å². The van der Waals surface area contributed by atoms with E-state index in [9.17, 15) is 13.6 Å². The molecule has 0 aliphatic carbocycles. The van der Waals surface area contributed by atoms with Gasteiger partial charge in [0, 0.05) is 18.0 Å². The number of hydrogen-bond donors (Lipinski definition) is 1. The van der Waals surface area contributed by atoms with Gasteiger partial charge in [-0.1, -0.05) is 0 Å². The molecule has 8 heteroatoms. The van der Waals surface area contributed by atoms with Gasteiger partial charge in [-0.25, -0.2) is 5.43 Å². The summed E-state index contributed by atoms with van der Waals surface area (Å²) in [5.41, 5.74) is 3.30. The number of alkyl halides is 2. The van der Waals surface area contributed by atoms with Crippen molar-refractivity contribution in [1.29, 1.82) is 0 Å². The number of hydrazone groups is 1. The molecule has 0 aliphatic rings. The van der Waals surface area contributed by atoms with E-state index in [1.807, 2.05) is 0 Å². The van der Waals surface area contributed by atoms with Crippen LogP contribution in [-0.4, -0.2) is 30.8 Å². The van der Waals surface area contributed by atoms with Gasteiger partial charge in [-0.15, -0.1) is 0 Å². The van der Waals surface area contributed by atoms with Crippen molar-refractivity contribution in [1.82, 2.24) is 10.4 Å². The summed E-state index contributed by atoms with van der Waals surface area (Å²) in [6.45, 7) is -2.94. The molecular formula is C15H13F2N3O3. The van der Waals surface area contributed by atoms with Crippen molar-refractivity contribution >= 4 is 12.1 Å². The number of rotatable bonds is 6. The summed E-state index contributed by atoms with van der Waals surface area (Å²) < 4.78 is 33.8. The summed E-state index contributed by atoms with van der Waals surface area (Å²) in [7, 11) is 1.33. The van der Waals surface area contributed by atoms with Crippen LogP contribution in [0.25, 0.3) is 0 Å². The molecule has 0 fully saturated rings. The Kier molecular flexibility index (Phi) is 5.56. The van der Waals surface area contributed by atoms with Gasteiger partial charge in [-0.05, 0) is 35.9 Å². The maximum absolute atomic E-state index is 12.2. The van der Waals surface area contributed by atoms with E-state index in [-0.39, 0.29) is 11.5 Å². The summed E-state index contributed by atoms with van der Waals surface area (Å²) in [5, 5.41) is 3.79. The number of pyridine rings is 1. The largest absolute Gasteiger partial charge is 0.493 e. The smallest absolute Gasteiger partial charge is 0.387 e. The Morgan fingerprint density at radius 3 is 2.65 bits per heavy atom. The molecule has 0 aliphatic heterocycles. The molecule has 0 bridgehead atoms. The second kappa shape index (κ2) is 7.83. The normalized spacial score (nSPS) is 10.8. The number of amides is 1. The molecule has 2 aromatic rings. The number of ether oxygens (including phenoxy) is 2. The Morgan fingerprint density at radius 1 is 1.26 bits per heavy atom. The molecule has 1 amide bonds. The number of nitrogens with one attached hydrogen (secondary N) is 1. The van der Waals surface area contributed by atoms with Crippen LogP contribution in [0.1, 0.15) is 15.9 Å². The van der Waals surface area contributed by atoms with Crippen molar-refractivity contribution in [2.24, 2.45) is 5.10 Å². The first kappa shape index (κ1) is 16.3. The summed E-state index contributed by atoms with van der Waals surface area (Å²) in [6.07, 6.45) is 4.34. The van der Waals surface area contributed by atoms with Crippen molar-refractivity contribution in [3.8, 4) is 11.5 Å². The first-order valence-electron chi connectivity index (χ1n) is 6.46. The van der Waals surface area contributed by atoms with Crippen molar-refractivity contribution in [3.63, 3.8) is 0 Å². The third-order valence-electron chi connectivity index (χ3n) is 2.73. The zero-order valence-corrected chi connectivity index (χ0v) is 12.1. The lowest BCUT2D eigenvalue weighted by atomic mass is 10.2. The van der Waals surface area contributed by atoms with E-state index < -0.39 is 12.5 Å². The summed E-state index contributed by atoms with van der Waals surface area (Å²) in [6, 6.07) is 7.38. The minimum Gasteiger partial charge on any atom is -0.493 e. The molecular weight excluding hydrogens is 308 g/mol. The number of nitrogens with zero attached hydrogens (tertiary/aromatic N) is 2. The van der Waals surface area contributed by atoms with Crippen LogP contribution < -0.4 is 14.9 Å². The van der Waals surface area contributed by atoms with Gasteiger partial charge < -0.3 is 9.47 Å².